The van der Waals surface area contributed by atoms with Crippen molar-refractivity contribution < 1.29 is 4.79 Å². The number of rotatable bonds is 5. The first-order chi connectivity index (χ1) is 10.5. The number of alkyl halides is 3. The largest absolute Gasteiger partial charge is 0.333 e. The van der Waals surface area contributed by atoms with Crippen molar-refractivity contribution in [3.8, 4) is 0 Å². The predicted molar refractivity (Wildman–Crippen MR) is 89.1 cm³/mol. The summed E-state index contributed by atoms with van der Waals surface area (Å²) >= 11 is 17.8. The van der Waals surface area contributed by atoms with E-state index in [0.717, 1.165) is 5.56 Å². The van der Waals surface area contributed by atoms with Crippen LogP contribution in [0, 0.1) is 0 Å². The van der Waals surface area contributed by atoms with Crippen molar-refractivity contribution in [1.82, 2.24) is 15.6 Å². The monoisotopic (exact) mass is 357 g/mol. The fourth-order valence-corrected chi connectivity index (χ4v) is 2.17. The Bertz CT molecular complexity index is 602. The zero-order chi connectivity index (χ0) is 16.0. The second kappa shape index (κ2) is 7.79. The predicted octanol–water partition coefficient (Wildman–Crippen LogP) is 3.30. The zero-order valence-corrected chi connectivity index (χ0v) is 13.7. The molecule has 0 radical (unpaired) electrons. The van der Waals surface area contributed by atoms with Crippen LogP contribution in [0.2, 0.25) is 0 Å². The van der Waals surface area contributed by atoms with Crippen LogP contribution in [0.15, 0.2) is 54.9 Å². The maximum absolute atomic E-state index is 12.2. The van der Waals surface area contributed by atoms with Gasteiger partial charge in [-0.3, -0.25) is 15.1 Å². The van der Waals surface area contributed by atoms with Gasteiger partial charge in [0.15, 0.2) is 0 Å². The van der Waals surface area contributed by atoms with E-state index in [2.05, 4.69) is 15.6 Å². The third kappa shape index (κ3) is 5.14. The number of carbonyl (C=O) groups is 1. The maximum Gasteiger partial charge on any atom is 0.252 e. The first-order valence-electron chi connectivity index (χ1n) is 6.52. The highest BCUT2D eigenvalue weighted by atomic mass is 35.6. The van der Waals surface area contributed by atoms with Crippen molar-refractivity contribution in [3.63, 3.8) is 0 Å². The highest BCUT2D eigenvalue weighted by Crippen LogP contribution is 2.29. The molecule has 22 heavy (non-hydrogen) atoms. The highest BCUT2D eigenvalue weighted by Gasteiger charge is 2.33. The number of hydrogen-bond donors (Lipinski definition) is 2. The molecule has 4 nitrogen and oxygen atoms in total. The second-order valence-corrected chi connectivity index (χ2v) is 6.93. The molecule has 1 unspecified atom stereocenters. The zero-order valence-electron chi connectivity index (χ0n) is 11.5. The Labute approximate surface area is 143 Å². The number of carbonyl (C=O) groups excluding carboxylic acids is 1. The molecule has 0 spiro atoms. The first kappa shape index (κ1) is 17.0. The maximum atomic E-state index is 12.2. The molecule has 0 aliphatic carbocycles. The Morgan fingerprint density at radius 3 is 2.45 bits per heavy atom. The molecule has 1 aromatic heterocycles. The standard InChI is InChI=1S/C15H14Cl3N3O/c16-15(17,18)14(20-10-11-5-4-8-19-9-11)21-13(22)12-6-2-1-3-7-12/h1-9,14,20H,10H2,(H,21,22). The number of halogens is 3. The third-order valence-electron chi connectivity index (χ3n) is 2.87. The molecule has 1 atom stereocenters. The average Bonchev–Trinajstić information content (AvgIpc) is 2.52. The fourth-order valence-electron chi connectivity index (χ4n) is 1.78. The van der Waals surface area contributed by atoms with Gasteiger partial charge < -0.3 is 5.32 Å². The van der Waals surface area contributed by atoms with Crippen LogP contribution in [0.3, 0.4) is 0 Å². The van der Waals surface area contributed by atoms with Crippen LogP contribution in [-0.2, 0) is 6.54 Å². The summed E-state index contributed by atoms with van der Waals surface area (Å²) in [6, 6.07) is 12.4. The molecule has 116 valence electrons. The van der Waals surface area contributed by atoms with Crippen LogP contribution in [0.25, 0.3) is 0 Å². The van der Waals surface area contributed by atoms with Gasteiger partial charge in [0.2, 0.25) is 3.79 Å². The van der Waals surface area contributed by atoms with Crippen molar-refractivity contribution in [2.24, 2.45) is 0 Å². The van der Waals surface area contributed by atoms with Gasteiger partial charge in [0.05, 0.1) is 0 Å². The smallest absolute Gasteiger partial charge is 0.252 e. The number of nitrogens with zero attached hydrogens (tertiary/aromatic N) is 1. The fraction of sp³-hybridized carbons (Fsp3) is 0.200. The molecule has 1 aromatic carbocycles. The van der Waals surface area contributed by atoms with E-state index in [1.807, 2.05) is 18.2 Å². The van der Waals surface area contributed by atoms with Crippen molar-refractivity contribution in [2.75, 3.05) is 0 Å². The Hall–Kier alpha value is -1.33. The first-order valence-corrected chi connectivity index (χ1v) is 7.65. The molecule has 0 fully saturated rings. The van der Waals surface area contributed by atoms with Crippen LogP contribution < -0.4 is 10.6 Å². The molecule has 1 amide bonds. The van der Waals surface area contributed by atoms with Crippen LogP contribution in [-0.4, -0.2) is 20.8 Å². The highest BCUT2D eigenvalue weighted by molar-refractivity contribution is 6.68. The molecular weight excluding hydrogens is 345 g/mol. The van der Waals surface area contributed by atoms with E-state index in [0.29, 0.717) is 12.1 Å². The summed E-state index contributed by atoms with van der Waals surface area (Å²) in [6.07, 6.45) is 2.53. The van der Waals surface area contributed by atoms with Gasteiger partial charge in [0, 0.05) is 24.5 Å². The van der Waals surface area contributed by atoms with Gasteiger partial charge >= 0.3 is 0 Å². The summed E-state index contributed by atoms with van der Waals surface area (Å²) in [6.45, 7) is 0.404. The summed E-state index contributed by atoms with van der Waals surface area (Å²) in [7, 11) is 0. The summed E-state index contributed by atoms with van der Waals surface area (Å²) in [5, 5.41) is 5.69. The van der Waals surface area contributed by atoms with Crippen molar-refractivity contribution in [1.29, 1.82) is 0 Å². The summed E-state index contributed by atoms with van der Waals surface area (Å²) < 4.78 is -1.69. The van der Waals surface area contributed by atoms with E-state index < -0.39 is 9.96 Å². The van der Waals surface area contributed by atoms with E-state index in [-0.39, 0.29) is 5.91 Å². The van der Waals surface area contributed by atoms with Gasteiger partial charge in [-0.1, -0.05) is 59.1 Å². The van der Waals surface area contributed by atoms with Crippen LogP contribution in [0.5, 0.6) is 0 Å². The number of benzene rings is 1. The van der Waals surface area contributed by atoms with E-state index in [1.165, 1.54) is 0 Å². The molecular formula is C15H14Cl3N3O. The summed E-state index contributed by atoms with van der Waals surface area (Å²) in [5.41, 5.74) is 1.40. The average molecular weight is 359 g/mol. The molecule has 0 saturated carbocycles. The van der Waals surface area contributed by atoms with E-state index >= 15 is 0 Å². The van der Waals surface area contributed by atoms with Crippen LogP contribution in [0.1, 0.15) is 15.9 Å². The normalized spacial score (nSPS) is 12.7. The van der Waals surface area contributed by atoms with E-state index in [4.69, 9.17) is 34.8 Å². The number of pyridine rings is 1. The summed E-state index contributed by atoms with van der Waals surface area (Å²) in [5.74, 6) is -0.324. The molecule has 1 heterocycles. The van der Waals surface area contributed by atoms with Crippen molar-refractivity contribution >= 4 is 40.7 Å². The molecule has 0 aliphatic rings. The number of hydrogen-bond acceptors (Lipinski definition) is 3. The van der Waals surface area contributed by atoms with E-state index in [9.17, 15) is 4.79 Å². The second-order valence-electron chi connectivity index (χ2n) is 4.56. The lowest BCUT2D eigenvalue weighted by Crippen LogP contribution is -2.53. The van der Waals surface area contributed by atoms with Gasteiger partial charge in [-0.2, -0.15) is 0 Å². The van der Waals surface area contributed by atoms with Gasteiger partial charge in [0.25, 0.3) is 5.91 Å². The van der Waals surface area contributed by atoms with Gasteiger partial charge in [-0.05, 0) is 23.8 Å². The van der Waals surface area contributed by atoms with Gasteiger partial charge in [-0.15, -0.1) is 0 Å². The van der Waals surface area contributed by atoms with Gasteiger partial charge in [-0.25, -0.2) is 0 Å². The minimum atomic E-state index is -1.69. The molecule has 0 bridgehead atoms. The van der Waals surface area contributed by atoms with Crippen LogP contribution in [0.4, 0.5) is 0 Å². The number of aromatic nitrogens is 1. The van der Waals surface area contributed by atoms with Crippen LogP contribution >= 0.6 is 34.8 Å². The topological polar surface area (TPSA) is 54.0 Å². The van der Waals surface area contributed by atoms with Gasteiger partial charge in [0.1, 0.15) is 6.17 Å². The Morgan fingerprint density at radius 1 is 1.14 bits per heavy atom. The molecule has 2 aromatic rings. The summed E-state index contributed by atoms with van der Waals surface area (Å²) in [4.78, 5) is 16.2. The van der Waals surface area contributed by atoms with Crippen molar-refractivity contribution in [3.05, 3.63) is 66.0 Å². The van der Waals surface area contributed by atoms with E-state index in [1.54, 1.807) is 36.7 Å². The minimum Gasteiger partial charge on any atom is -0.333 e. The molecule has 7 heteroatoms. The lowest BCUT2D eigenvalue weighted by Gasteiger charge is -2.26. The quantitative estimate of drug-likeness (QED) is 0.637. The lowest BCUT2D eigenvalue weighted by atomic mass is 10.2. The molecule has 0 aliphatic heterocycles. The lowest BCUT2D eigenvalue weighted by molar-refractivity contribution is 0.0929. The van der Waals surface area contributed by atoms with Crippen molar-refractivity contribution in [2.45, 2.75) is 16.5 Å². The Morgan fingerprint density at radius 2 is 1.86 bits per heavy atom. The Balaban J connectivity index is 2.02. The number of amides is 1. The number of nitrogens with one attached hydrogen (secondary N) is 2. The molecule has 2 N–H and O–H groups in total. The SMILES string of the molecule is O=C(NC(NCc1cccnc1)C(Cl)(Cl)Cl)c1ccccc1. The third-order valence-corrected chi connectivity index (χ3v) is 3.53. The minimum absolute atomic E-state index is 0.324. The molecule has 0 saturated heterocycles. The molecule has 2 rings (SSSR count). The Kier molecular flexibility index (Phi) is 6.03.